The minimum Gasteiger partial charge on any atom is -0.344 e. The van der Waals surface area contributed by atoms with E-state index in [1.165, 1.54) is 0 Å². The van der Waals surface area contributed by atoms with Gasteiger partial charge in [0.15, 0.2) is 0 Å². The number of benzene rings is 2. The second kappa shape index (κ2) is 10.0. The van der Waals surface area contributed by atoms with E-state index in [2.05, 4.69) is 40.1 Å². The molecule has 2 aromatic heterocycles. The molecule has 8 nitrogen and oxygen atoms in total. The van der Waals surface area contributed by atoms with Gasteiger partial charge >= 0.3 is 0 Å². The lowest BCUT2D eigenvalue weighted by atomic mass is 10.1. The fraction of sp³-hybridized carbons (Fsp3) is 0.0833. The van der Waals surface area contributed by atoms with Crippen molar-refractivity contribution in [3.8, 4) is 0 Å². The lowest BCUT2D eigenvalue weighted by molar-refractivity contribution is 1.22. The summed E-state index contributed by atoms with van der Waals surface area (Å²) in [7, 11) is 0. The molecular formula is C24H22N8. The van der Waals surface area contributed by atoms with Crippen LogP contribution in [0.4, 0.5) is 11.4 Å². The molecule has 32 heavy (non-hydrogen) atoms. The third kappa shape index (κ3) is 5.57. The van der Waals surface area contributed by atoms with Gasteiger partial charge in [0.25, 0.3) is 0 Å². The topological polar surface area (TPSA) is 107 Å². The maximum atomic E-state index is 4.45. The van der Waals surface area contributed by atoms with Crippen molar-refractivity contribution in [3.05, 3.63) is 96.1 Å². The first-order valence-corrected chi connectivity index (χ1v) is 10.0. The van der Waals surface area contributed by atoms with E-state index >= 15 is 0 Å². The number of hydrogen-bond acceptors (Lipinski definition) is 6. The van der Waals surface area contributed by atoms with Gasteiger partial charge in [-0.2, -0.15) is 10.2 Å². The zero-order valence-electron chi connectivity index (χ0n) is 17.8. The van der Waals surface area contributed by atoms with Crippen molar-refractivity contribution in [2.24, 2.45) is 20.2 Å². The lowest BCUT2D eigenvalue weighted by Gasteiger charge is -2.02. The van der Waals surface area contributed by atoms with Crippen LogP contribution in [-0.4, -0.2) is 43.8 Å². The highest BCUT2D eigenvalue weighted by Gasteiger charge is 2.02. The van der Waals surface area contributed by atoms with Crippen LogP contribution >= 0.6 is 0 Å². The van der Waals surface area contributed by atoms with Gasteiger partial charge in [-0.3, -0.25) is 9.98 Å². The van der Waals surface area contributed by atoms with Crippen LogP contribution in [0.5, 0.6) is 0 Å². The summed E-state index contributed by atoms with van der Waals surface area (Å²) in [6.45, 7) is 3.85. The van der Waals surface area contributed by atoms with Crippen LogP contribution in [0.3, 0.4) is 0 Å². The third-order valence-electron chi connectivity index (χ3n) is 4.59. The number of nitrogens with zero attached hydrogens (tertiary/aromatic N) is 6. The molecule has 2 aromatic carbocycles. The van der Waals surface area contributed by atoms with Crippen LogP contribution in [0.15, 0.2) is 93.5 Å². The number of hydrogen-bond donors (Lipinski definition) is 2. The minimum atomic E-state index is 0.705. The molecule has 4 rings (SSSR count). The average Bonchev–Trinajstić information content (AvgIpc) is 3.54. The van der Waals surface area contributed by atoms with Crippen LogP contribution in [0.2, 0.25) is 0 Å². The van der Waals surface area contributed by atoms with Crippen molar-refractivity contribution >= 4 is 35.2 Å². The van der Waals surface area contributed by atoms with Crippen LogP contribution in [0.25, 0.3) is 0 Å². The molecule has 0 unspecified atom stereocenters. The van der Waals surface area contributed by atoms with Crippen molar-refractivity contribution in [2.45, 2.75) is 13.8 Å². The Hall–Kier alpha value is -4.46. The van der Waals surface area contributed by atoms with Gasteiger partial charge in [0.1, 0.15) is 11.6 Å². The first-order valence-electron chi connectivity index (χ1n) is 10.0. The molecule has 2 N–H and O–H groups in total. The molecule has 0 bridgehead atoms. The number of aliphatic imine (C=N–C) groups is 2. The summed E-state index contributed by atoms with van der Waals surface area (Å²) in [4.78, 5) is 23.2. The van der Waals surface area contributed by atoms with Crippen molar-refractivity contribution in [1.29, 1.82) is 0 Å². The van der Waals surface area contributed by atoms with E-state index in [1.54, 1.807) is 37.2 Å². The van der Waals surface area contributed by atoms with E-state index in [0.29, 0.717) is 11.6 Å². The highest BCUT2D eigenvalue weighted by Crippen LogP contribution is 2.17. The van der Waals surface area contributed by atoms with Gasteiger partial charge in [0.05, 0.1) is 35.2 Å². The molecule has 158 valence electrons. The Balaban J connectivity index is 1.48. The van der Waals surface area contributed by atoms with Crippen LogP contribution < -0.4 is 0 Å². The molecule has 0 radical (unpaired) electrons. The highest BCUT2D eigenvalue weighted by molar-refractivity contribution is 6.02. The fourth-order valence-corrected chi connectivity index (χ4v) is 2.86. The monoisotopic (exact) mass is 422 g/mol. The second-order valence-electron chi connectivity index (χ2n) is 6.94. The number of rotatable bonds is 7. The third-order valence-corrected chi connectivity index (χ3v) is 4.59. The van der Waals surface area contributed by atoms with Gasteiger partial charge in [0, 0.05) is 24.8 Å². The normalized spacial score (nSPS) is 12.8. The van der Waals surface area contributed by atoms with E-state index in [9.17, 15) is 0 Å². The summed E-state index contributed by atoms with van der Waals surface area (Å²) in [6.07, 6.45) is 10.3. The van der Waals surface area contributed by atoms with Crippen molar-refractivity contribution in [1.82, 2.24) is 19.9 Å². The molecule has 0 saturated heterocycles. The molecule has 0 fully saturated rings. The zero-order chi connectivity index (χ0) is 22.2. The predicted molar refractivity (Wildman–Crippen MR) is 129 cm³/mol. The molecule has 0 aliphatic carbocycles. The summed E-state index contributed by atoms with van der Waals surface area (Å²) in [5, 5.41) is 8.84. The van der Waals surface area contributed by atoms with E-state index in [0.717, 1.165) is 33.9 Å². The Bertz CT molecular complexity index is 1180. The largest absolute Gasteiger partial charge is 0.344 e. The summed E-state index contributed by atoms with van der Waals surface area (Å²) < 4.78 is 0. The molecule has 4 aromatic rings. The number of aromatic nitrogens is 4. The van der Waals surface area contributed by atoms with Gasteiger partial charge < -0.3 is 9.97 Å². The number of imidazole rings is 2. The Labute approximate surface area is 185 Å². The zero-order valence-corrected chi connectivity index (χ0v) is 17.8. The van der Waals surface area contributed by atoms with Crippen LogP contribution in [-0.2, 0) is 0 Å². The predicted octanol–water partition coefficient (Wildman–Crippen LogP) is 4.87. The Morgan fingerprint density at radius 3 is 1.59 bits per heavy atom. The quantitative estimate of drug-likeness (QED) is 0.327. The number of nitrogens with one attached hydrogen (secondary N) is 2. The number of aromatic amines is 2. The molecular weight excluding hydrogens is 400 g/mol. The first kappa shape index (κ1) is 20.8. The average molecular weight is 422 g/mol. The molecule has 0 aliphatic rings. The molecule has 2 heterocycles. The van der Waals surface area contributed by atoms with Gasteiger partial charge in [-0.25, -0.2) is 9.97 Å². The highest BCUT2D eigenvalue weighted by atomic mass is 15.2. The maximum absolute atomic E-state index is 4.45. The smallest absolute Gasteiger partial charge is 0.148 e. The Morgan fingerprint density at radius 2 is 1.19 bits per heavy atom. The van der Waals surface area contributed by atoms with Crippen LogP contribution in [0, 0.1) is 0 Å². The van der Waals surface area contributed by atoms with Gasteiger partial charge in [-0.1, -0.05) is 24.3 Å². The van der Waals surface area contributed by atoms with Crippen molar-refractivity contribution in [3.63, 3.8) is 0 Å². The van der Waals surface area contributed by atoms with Crippen molar-refractivity contribution < 1.29 is 0 Å². The van der Waals surface area contributed by atoms with Crippen LogP contribution in [0.1, 0.15) is 36.6 Å². The molecule has 0 aliphatic heterocycles. The van der Waals surface area contributed by atoms with Gasteiger partial charge in [-0.05, 0) is 49.2 Å². The van der Waals surface area contributed by atoms with E-state index in [4.69, 9.17) is 0 Å². The lowest BCUT2D eigenvalue weighted by Crippen LogP contribution is -1.97. The van der Waals surface area contributed by atoms with E-state index in [1.807, 2.05) is 62.4 Å². The molecule has 0 spiro atoms. The van der Waals surface area contributed by atoms with E-state index < -0.39 is 0 Å². The maximum Gasteiger partial charge on any atom is 0.148 e. The summed E-state index contributed by atoms with van der Waals surface area (Å²) in [5.41, 5.74) is 5.13. The standard InChI is InChI=1S/C24H22N8/c1-17(19-5-3-7-21(13-19)29-15-23-25-9-10-26-23)31-32-18(2)20-6-4-8-22(14-20)30-16-24-27-11-12-28-24/h3-16H,1-2H3,(H,25,26)(H,27,28)/b29-15?,30-16?,31-17+,32-18?. The molecule has 0 atom stereocenters. The summed E-state index contributed by atoms with van der Waals surface area (Å²) in [5.74, 6) is 1.41. The Morgan fingerprint density at radius 1 is 0.719 bits per heavy atom. The molecule has 0 amide bonds. The molecule has 8 heteroatoms. The van der Waals surface area contributed by atoms with E-state index in [-0.39, 0.29) is 0 Å². The Kier molecular flexibility index (Phi) is 6.52. The fourth-order valence-electron chi connectivity index (χ4n) is 2.86. The second-order valence-corrected chi connectivity index (χ2v) is 6.94. The number of H-pyrrole nitrogens is 2. The van der Waals surface area contributed by atoms with Gasteiger partial charge in [-0.15, -0.1) is 0 Å². The van der Waals surface area contributed by atoms with Gasteiger partial charge in [0.2, 0.25) is 0 Å². The van der Waals surface area contributed by atoms with Crippen molar-refractivity contribution in [2.75, 3.05) is 0 Å². The summed E-state index contributed by atoms with van der Waals surface area (Å²) in [6, 6.07) is 15.7. The SMILES string of the molecule is CC(=N/N=C(\C)c1cccc(N=Cc2ncc[nH]2)c1)c1cccc(N=Cc2ncc[nH]2)c1. The molecule has 0 saturated carbocycles. The summed E-state index contributed by atoms with van der Waals surface area (Å²) >= 11 is 0. The first-order chi connectivity index (χ1) is 15.7. The minimum absolute atomic E-state index is 0.705.